The van der Waals surface area contributed by atoms with Gasteiger partial charge in [0, 0.05) is 29.9 Å². The molecule has 6 rings (SSSR count). The number of pyridine rings is 1. The molecular weight excluding hydrogens is 513 g/mol. The fourth-order valence-electron chi connectivity index (χ4n) is 5.73. The molecule has 0 saturated heterocycles. The Balaban J connectivity index is 1.43. The summed E-state index contributed by atoms with van der Waals surface area (Å²) in [6.07, 6.45) is 3.47. The molecule has 3 aromatic heterocycles. The Hall–Kier alpha value is -3.54. The van der Waals surface area contributed by atoms with E-state index >= 15 is 4.39 Å². The number of hydrogen-bond acceptors (Lipinski definition) is 7. The minimum Gasteiger partial charge on any atom is -0.435 e. The number of aliphatic hydroxyl groups is 3. The number of aliphatic hydroxyl groups excluding tert-OH is 1. The Morgan fingerprint density at radius 2 is 1.82 bits per heavy atom. The lowest BCUT2D eigenvalue weighted by Gasteiger charge is -2.38. The zero-order valence-corrected chi connectivity index (χ0v) is 21.1. The van der Waals surface area contributed by atoms with Gasteiger partial charge in [-0.2, -0.15) is 8.78 Å². The maximum absolute atomic E-state index is 15.4. The molecule has 0 bridgehead atoms. The zero-order valence-electron chi connectivity index (χ0n) is 21.1. The SMILES string of the molecule is CC1(O)CCC(O)(c2nccc(-c3cn4c5c(nc4cc3F)[C@H](O)C[C@@H]5c3ccccc3OC(F)F)n2)CC1. The van der Waals surface area contributed by atoms with Crippen LogP contribution in [0.25, 0.3) is 16.9 Å². The number of ether oxygens (including phenoxy) is 1. The summed E-state index contributed by atoms with van der Waals surface area (Å²) in [5.74, 6) is -0.996. The van der Waals surface area contributed by atoms with Gasteiger partial charge in [-0.3, -0.25) is 0 Å². The van der Waals surface area contributed by atoms with Crippen LogP contribution in [0.3, 0.4) is 0 Å². The van der Waals surface area contributed by atoms with Crippen LogP contribution in [0.1, 0.15) is 73.8 Å². The van der Waals surface area contributed by atoms with Crippen molar-refractivity contribution in [2.75, 3.05) is 0 Å². The van der Waals surface area contributed by atoms with Crippen molar-refractivity contribution in [2.24, 2.45) is 0 Å². The van der Waals surface area contributed by atoms with Gasteiger partial charge >= 0.3 is 6.61 Å². The molecular formula is C28H27F3N4O4. The summed E-state index contributed by atoms with van der Waals surface area (Å²) in [6, 6.07) is 9.15. The van der Waals surface area contributed by atoms with Crippen LogP contribution in [0.4, 0.5) is 13.2 Å². The highest BCUT2D eigenvalue weighted by Crippen LogP contribution is 2.47. The highest BCUT2D eigenvalue weighted by atomic mass is 19.3. The van der Waals surface area contributed by atoms with Gasteiger partial charge in [0.05, 0.1) is 34.4 Å². The van der Waals surface area contributed by atoms with Gasteiger partial charge < -0.3 is 24.5 Å². The number of hydrogen-bond donors (Lipinski definition) is 3. The van der Waals surface area contributed by atoms with Gasteiger partial charge in [-0.25, -0.2) is 19.3 Å². The van der Waals surface area contributed by atoms with Gasteiger partial charge in [0.15, 0.2) is 5.82 Å². The predicted octanol–water partition coefficient (Wildman–Crippen LogP) is 4.61. The van der Waals surface area contributed by atoms with Crippen LogP contribution < -0.4 is 4.74 Å². The third-order valence-electron chi connectivity index (χ3n) is 7.89. The van der Waals surface area contributed by atoms with Gasteiger partial charge in [0.25, 0.3) is 0 Å². The number of para-hydroxylation sites is 1. The van der Waals surface area contributed by atoms with Crippen molar-refractivity contribution < 1.29 is 33.2 Å². The second-order valence-electron chi connectivity index (χ2n) is 10.7. The predicted molar refractivity (Wildman–Crippen MR) is 134 cm³/mol. The quantitative estimate of drug-likeness (QED) is 0.339. The Bertz CT molecular complexity index is 1550. The van der Waals surface area contributed by atoms with E-state index in [1.165, 1.54) is 30.6 Å². The summed E-state index contributed by atoms with van der Waals surface area (Å²) in [5, 5.41) is 32.3. The minimum atomic E-state index is -3.02. The summed E-state index contributed by atoms with van der Waals surface area (Å²) >= 11 is 0. The molecule has 204 valence electrons. The van der Waals surface area contributed by atoms with Crippen LogP contribution in [-0.2, 0) is 5.60 Å². The highest BCUT2D eigenvalue weighted by molar-refractivity contribution is 5.63. The molecule has 1 saturated carbocycles. The van der Waals surface area contributed by atoms with Crippen LogP contribution in [0, 0.1) is 5.82 Å². The monoisotopic (exact) mass is 540 g/mol. The average Bonchev–Trinajstić information content (AvgIpc) is 3.42. The maximum atomic E-state index is 15.4. The third-order valence-corrected chi connectivity index (χ3v) is 7.89. The highest BCUT2D eigenvalue weighted by Gasteiger charge is 2.41. The molecule has 2 aliphatic rings. The molecule has 3 heterocycles. The van der Waals surface area contributed by atoms with E-state index in [4.69, 9.17) is 4.74 Å². The van der Waals surface area contributed by atoms with E-state index in [1.54, 1.807) is 29.5 Å². The molecule has 2 atom stereocenters. The lowest BCUT2D eigenvalue weighted by atomic mass is 9.76. The van der Waals surface area contributed by atoms with Crippen molar-refractivity contribution in [2.45, 2.75) is 68.9 Å². The first kappa shape index (κ1) is 25.7. The maximum Gasteiger partial charge on any atom is 0.387 e. The standard InChI is InChI=1S/C28H27F3N4O4/c1-27(37)7-9-28(38,10-8-27)25-32-11-6-19(33-25)17-14-35-22(13-18(17)29)34-23-20(36)12-16(24(23)35)15-4-2-3-5-21(15)39-26(30)31/h2-6,11,13-14,16,20,26,36-38H,7-10,12H2,1H3/t16-,20-,27?,28?/m1/s1. The molecule has 8 nitrogen and oxygen atoms in total. The molecule has 1 aromatic carbocycles. The van der Waals surface area contributed by atoms with E-state index in [2.05, 4.69) is 15.0 Å². The van der Waals surface area contributed by atoms with Gasteiger partial charge in [-0.1, -0.05) is 18.2 Å². The fourth-order valence-corrected chi connectivity index (χ4v) is 5.73. The van der Waals surface area contributed by atoms with Crippen molar-refractivity contribution in [3.05, 3.63) is 77.4 Å². The first-order valence-corrected chi connectivity index (χ1v) is 12.8. The van der Waals surface area contributed by atoms with Crippen molar-refractivity contribution >= 4 is 5.65 Å². The van der Waals surface area contributed by atoms with E-state index in [9.17, 15) is 24.1 Å². The van der Waals surface area contributed by atoms with Crippen LogP contribution in [0.5, 0.6) is 5.75 Å². The van der Waals surface area contributed by atoms with Crippen molar-refractivity contribution in [1.29, 1.82) is 0 Å². The Morgan fingerprint density at radius 1 is 1.08 bits per heavy atom. The Labute approximate surface area is 221 Å². The Kier molecular flexibility index (Phi) is 6.12. The van der Waals surface area contributed by atoms with Crippen LogP contribution in [-0.4, -0.2) is 46.9 Å². The lowest BCUT2D eigenvalue weighted by molar-refractivity contribution is -0.0802. The van der Waals surface area contributed by atoms with Gasteiger partial charge in [-0.15, -0.1) is 0 Å². The number of aromatic nitrogens is 4. The number of halogens is 3. The third kappa shape index (κ3) is 4.54. The molecule has 39 heavy (non-hydrogen) atoms. The molecule has 4 aromatic rings. The number of alkyl halides is 2. The molecule has 3 N–H and O–H groups in total. The number of benzene rings is 1. The second kappa shape index (κ2) is 9.29. The normalized spacial score (nSPS) is 26.8. The van der Waals surface area contributed by atoms with Crippen molar-refractivity contribution in [1.82, 2.24) is 19.4 Å². The summed E-state index contributed by atoms with van der Waals surface area (Å²) in [4.78, 5) is 13.2. The van der Waals surface area contributed by atoms with E-state index in [-0.39, 0.29) is 47.7 Å². The van der Waals surface area contributed by atoms with Crippen LogP contribution in [0.15, 0.2) is 48.8 Å². The molecule has 0 spiro atoms. The Morgan fingerprint density at radius 3 is 2.56 bits per heavy atom. The summed E-state index contributed by atoms with van der Waals surface area (Å²) in [6.45, 7) is -1.29. The number of nitrogens with zero attached hydrogens (tertiary/aromatic N) is 4. The molecule has 2 aliphatic carbocycles. The van der Waals surface area contributed by atoms with Crippen LogP contribution in [0.2, 0.25) is 0 Å². The fraction of sp³-hybridized carbons (Fsp3) is 0.393. The first-order valence-electron chi connectivity index (χ1n) is 12.8. The smallest absolute Gasteiger partial charge is 0.387 e. The minimum absolute atomic E-state index is 0.00465. The lowest BCUT2D eigenvalue weighted by Crippen LogP contribution is -2.40. The van der Waals surface area contributed by atoms with E-state index < -0.39 is 35.7 Å². The molecule has 0 radical (unpaired) electrons. The number of rotatable bonds is 5. The van der Waals surface area contributed by atoms with E-state index in [0.29, 0.717) is 29.8 Å². The largest absolute Gasteiger partial charge is 0.435 e. The van der Waals surface area contributed by atoms with E-state index in [1.807, 2.05) is 0 Å². The van der Waals surface area contributed by atoms with Crippen molar-refractivity contribution in [3.8, 4) is 17.0 Å². The van der Waals surface area contributed by atoms with E-state index in [0.717, 1.165) is 0 Å². The topological polar surface area (TPSA) is 113 Å². The first-order chi connectivity index (χ1) is 18.5. The molecule has 0 aliphatic heterocycles. The second-order valence-corrected chi connectivity index (χ2v) is 10.7. The molecule has 11 heteroatoms. The molecule has 1 fully saturated rings. The van der Waals surface area contributed by atoms with Gasteiger partial charge in [0.1, 0.15) is 22.8 Å². The molecule has 0 amide bonds. The zero-order chi connectivity index (χ0) is 27.5. The summed E-state index contributed by atoms with van der Waals surface area (Å²) < 4.78 is 48.0. The van der Waals surface area contributed by atoms with Gasteiger partial charge in [-0.05, 0) is 51.2 Å². The number of fused-ring (bicyclic) bond motifs is 3. The van der Waals surface area contributed by atoms with Crippen LogP contribution >= 0.6 is 0 Å². The van der Waals surface area contributed by atoms with Crippen molar-refractivity contribution in [3.63, 3.8) is 0 Å². The average molecular weight is 541 g/mol. The summed E-state index contributed by atoms with van der Waals surface area (Å²) in [7, 11) is 0. The molecule has 0 unspecified atom stereocenters. The summed E-state index contributed by atoms with van der Waals surface area (Å²) in [5.41, 5.74) is -0.259. The van der Waals surface area contributed by atoms with Gasteiger partial charge in [0.2, 0.25) is 0 Å². The number of imidazole rings is 1.